The van der Waals surface area contributed by atoms with Gasteiger partial charge in [-0.3, -0.25) is 9.69 Å². The molecule has 160 valence electrons. The largest absolute Gasteiger partial charge is 0.445 e. The van der Waals surface area contributed by atoms with Crippen molar-refractivity contribution in [1.82, 2.24) is 4.90 Å². The summed E-state index contributed by atoms with van der Waals surface area (Å²) in [5, 5.41) is 2.90. The molecule has 2 unspecified atom stereocenters. The minimum atomic E-state index is -0.673. The van der Waals surface area contributed by atoms with Gasteiger partial charge in [0.2, 0.25) is 5.91 Å². The normalized spacial score (nSPS) is 18.9. The van der Waals surface area contributed by atoms with Crippen LogP contribution in [0.15, 0.2) is 59.1 Å². The van der Waals surface area contributed by atoms with Crippen molar-refractivity contribution in [3.63, 3.8) is 0 Å². The zero-order chi connectivity index (χ0) is 21.7. The number of para-hydroxylation sites is 1. The molecule has 0 aromatic heterocycles. The van der Waals surface area contributed by atoms with E-state index < -0.39 is 12.1 Å². The summed E-state index contributed by atoms with van der Waals surface area (Å²) >= 11 is 3.44. The van der Waals surface area contributed by atoms with Gasteiger partial charge in [0, 0.05) is 10.9 Å². The van der Waals surface area contributed by atoms with Crippen LogP contribution in [0.25, 0.3) is 0 Å². The average molecular weight is 475 g/mol. The molecule has 30 heavy (non-hydrogen) atoms. The number of hydrogen-bond donors (Lipinski definition) is 1. The van der Waals surface area contributed by atoms with Gasteiger partial charge in [-0.2, -0.15) is 0 Å². The number of likely N-dealkylation sites (tertiary alicyclic amines) is 1. The topological polar surface area (TPSA) is 67.9 Å². The first-order valence-electron chi connectivity index (χ1n) is 9.93. The van der Waals surface area contributed by atoms with Crippen molar-refractivity contribution in [3.05, 3.63) is 64.6 Å². The number of halogens is 1. The fourth-order valence-electron chi connectivity index (χ4n) is 3.41. The number of nitrogens with zero attached hydrogens (tertiary/aromatic N) is 1. The molecule has 1 fully saturated rings. The first kappa shape index (κ1) is 22.3. The van der Waals surface area contributed by atoms with Crippen LogP contribution in [-0.4, -0.2) is 41.2 Å². The predicted octanol–water partition coefficient (Wildman–Crippen LogP) is 4.98. The summed E-state index contributed by atoms with van der Waals surface area (Å²) in [4.78, 5) is 27.3. The molecule has 0 bridgehead atoms. The third-order valence-corrected chi connectivity index (χ3v) is 5.35. The Morgan fingerprint density at radius 3 is 2.43 bits per heavy atom. The lowest BCUT2D eigenvalue weighted by Crippen LogP contribution is -2.43. The van der Waals surface area contributed by atoms with Gasteiger partial charge in [0.15, 0.2) is 0 Å². The average Bonchev–Trinajstić information content (AvgIpc) is 3.11. The van der Waals surface area contributed by atoms with E-state index in [1.54, 1.807) is 6.07 Å². The molecule has 2 aromatic carbocycles. The SMILES string of the molecule is CC(C)(C)OC1CC(C(=O)Nc2ccccc2Br)N(C(=O)OCc2ccccc2)C1. The molecular formula is C23H27BrN2O4. The maximum absolute atomic E-state index is 13.0. The van der Waals surface area contributed by atoms with Crippen LogP contribution < -0.4 is 5.32 Å². The fourth-order valence-corrected chi connectivity index (χ4v) is 3.80. The molecule has 0 aliphatic carbocycles. The molecule has 0 saturated carbocycles. The Bertz CT molecular complexity index is 882. The quantitative estimate of drug-likeness (QED) is 0.662. The molecule has 2 amide bonds. The lowest BCUT2D eigenvalue weighted by atomic mass is 10.1. The van der Waals surface area contributed by atoms with Crippen LogP contribution in [0.5, 0.6) is 0 Å². The Morgan fingerprint density at radius 1 is 1.10 bits per heavy atom. The van der Waals surface area contributed by atoms with Crippen molar-refractivity contribution >= 4 is 33.6 Å². The molecule has 1 aliphatic heterocycles. The number of benzene rings is 2. The summed E-state index contributed by atoms with van der Waals surface area (Å²) in [6, 6.07) is 16.2. The van der Waals surface area contributed by atoms with Gasteiger partial charge in [-0.05, 0) is 54.4 Å². The molecular weight excluding hydrogens is 448 g/mol. The second-order valence-electron chi connectivity index (χ2n) is 8.27. The number of amides is 2. The van der Waals surface area contributed by atoms with Gasteiger partial charge >= 0.3 is 6.09 Å². The van der Waals surface area contributed by atoms with Crippen molar-refractivity contribution in [3.8, 4) is 0 Å². The molecule has 0 radical (unpaired) electrons. The minimum Gasteiger partial charge on any atom is -0.445 e. The number of carbonyl (C=O) groups excluding carboxylic acids is 2. The van der Waals surface area contributed by atoms with E-state index in [1.165, 1.54) is 4.90 Å². The Labute approximate surface area is 185 Å². The molecule has 2 atom stereocenters. The van der Waals surface area contributed by atoms with E-state index in [0.717, 1.165) is 10.0 Å². The highest BCUT2D eigenvalue weighted by Crippen LogP contribution is 2.28. The van der Waals surface area contributed by atoms with Gasteiger partial charge in [0.05, 0.1) is 23.9 Å². The third-order valence-electron chi connectivity index (χ3n) is 4.66. The van der Waals surface area contributed by atoms with Crippen molar-refractivity contribution in [2.45, 2.75) is 51.5 Å². The zero-order valence-electron chi connectivity index (χ0n) is 17.4. The molecule has 0 spiro atoms. The van der Waals surface area contributed by atoms with Gasteiger partial charge in [-0.15, -0.1) is 0 Å². The molecule has 1 N–H and O–H groups in total. The van der Waals surface area contributed by atoms with Gasteiger partial charge < -0.3 is 14.8 Å². The van der Waals surface area contributed by atoms with Gasteiger partial charge in [0.25, 0.3) is 0 Å². The van der Waals surface area contributed by atoms with E-state index in [4.69, 9.17) is 9.47 Å². The summed E-state index contributed by atoms with van der Waals surface area (Å²) in [6.07, 6.45) is -0.357. The maximum atomic E-state index is 13.0. The highest BCUT2D eigenvalue weighted by atomic mass is 79.9. The summed E-state index contributed by atoms with van der Waals surface area (Å²) in [7, 11) is 0. The van der Waals surface area contributed by atoms with Gasteiger partial charge in [-0.25, -0.2) is 4.79 Å². The standard InChI is InChI=1S/C23H27BrN2O4/c1-23(2,3)30-17-13-20(21(27)25-19-12-8-7-11-18(19)24)26(14-17)22(28)29-15-16-9-5-4-6-10-16/h4-12,17,20H,13-15H2,1-3H3,(H,25,27). The fraction of sp³-hybridized carbons (Fsp3) is 0.391. The van der Waals surface area contributed by atoms with Crippen LogP contribution >= 0.6 is 15.9 Å². The Hall–Kier alpha value is -2.38. The predicted molar refractivity (Wildman–Crippen MR) is 119 cm³/mol. The summed E-state index contributed by atoms with van der Waals surface area (Å²) in [5.74, 6) is -0.265. The van der Waals surface area contributed by atoms with Crippen molar-refractivity contribution in [1.29, 1.82) is 0 Å². The molecule has 1 saturated heterocycles. The second kappa shape index (κ2) is 9.62. The molecule has 1 heterocycles. The van der Waals surface area contributed by atoms with Crippen LogP contribution in [0.1, 0.15) is 32.8 Å². The first-order valence-corrected chi connectivity index (χ1v) is 10.7. The smallest absolute Gasteiger partial charge is 0.410 e. The van der Waals surface area contributed by atoms with Gasteiger partial charge in [0.1, 0.15) is 12.6 Å². The van der Waals surface area contributed by atoms with Crippen molar-refractivity contribution in [2.75, 3.05) is 11.9 Å². The Kier molecular flexibility index (Phi) is 7.15. The van der Waals surface area contributed by atoms with E-state index in [0.29, 0.717) is 18.7 Å². The number of carbonyl (C=O) groups is 2. The Morgan fingerprint density at radius 2 is 1.77 bits per heavy atom. The second-order valence-corrected chi connectivity index (χ2v) is 9.12. The molecule has 7 heteroatoms. The van der Waals surface area contributed by atoms with Crippen LogP contribution in [-0.2, 0) is 20.9 Å². The summed E-state index contributed by atoms with van der Waals surface area (Å²) < 4.78 is 12.3. The van der Waals surface area contributed by atoms with E-state index in [9.17, 15) is 9.59 Å². The number of hydrogen-bond acceptors (Lipinski definition) is 4. The van der Waals surface area contributed by atoms with E-state index in [-0.39, 0.29) is 24.2 Å². The molecule has 1 aliphatic rings. The van der Waals surface area contributed by atoms with Crippen LogP contribution in [0.3, 0.4) is 0 Å². The zero-order valence-corrected chi connectivity index (χ0v) is 19.0. The monoisotopic (exact) mass is 474 g/mol. The van der Waals surface area contributed by atoms with Crippen molar-refractivity contribution < 1.29 is 19.1 Å². The third kappa shape index (κ3) is 6.06. The highest BCUT2D eigenvalue weighted by Gasteiger charge is 2.42. The van der Waals surface area contributed by atoms with E-state index >= 15 is 0 Å². The Balaban J connectivity index is 1.72. The number of anilines is 1. The van der Waals surface area contributed by atoms with Crippen LogP contribution in [0.2, 0.25) is 0 Å². The highest BCUT2D eigenvalue weighted by molar-refractivity contribution is 9.10. The van der Waals surface area contributed by atoms with Crippen LogP contribution in [0, 0.1) is 0 Å². The van der Waals surface area contributed by atoms with Crippen molar-refractivity contribution in [2.24, 2.45) is 0 Å². The summed E-state index contributed by atoms with van der Waals surface area (Å²) in [5.41, 5.74) is 1.17. The minimum absolute atomic E-state index is 0.152. The molecule has 3 rings (SSSR count). The lowest BCUT2D eigenvalue weighted by Gasteiger charge is -2.25. The van der Waals surface area contributed by atoms with E-state index in [2.05, 4.69) is 21.2 Å². The first-order chi connectivity index (χ1) is 14.2. The lowest BCUT2D eigenvalue weighted by molar-refractivity contribution is -0.120. The molecule has 6 nitrogen and oxygen atoms in total. The summed E-state index contributed by atoms with van der Waals surface area (Å²) in [6.45, 7) is 6.33. The van der Waals surface area contributed by atoms with E-state index in [1.807, 2.05) is 69.3 Å². The van der Waals surface area contributed by atoms with Crippen LogP contribution in [0.4, 0.5) is 10.5 Å². The number of rotatable bonds is 5. The van der Waals surface area contributed by atoms with Gasteiger partial charge in [-0.1, -0.05) is 42.5 Å². The molecule has 2 aromatic rings. The number of nitrogens with one attached hydrogen (secondary N) is 1. The maximum Gasteiger partial charge on any atom is 0.410 e. The number of ether oxygens (including phenoxy) is 2.